The van der Waals surface area contributed by atoms with Crippen LogP contribution in [0.2, 0.25) is 15.1 Å². The molecule has 0 aliphatic carbocycles. The molecule has 2 aromatic heterocycles. The number of hydrogen-bond donors (Lipinski definition) is 2. The average molecular weight is 554 g/mol. The van der Waals surface area contributed by atoms with Crippen LogP contribution in [0.3, 0.4) is 0 Å². The highest BCUT2D eigenvalue weighted by molar-refractivity contribution is 6.35. The summed E-state index contributed by atoms with van der Waals surface area (Å²) in [6.45, 7) is 0. The van der Waals surface area contributed by atoms with Crippen molar-refractivity contribution in [1.82, 2.24) is 20.0 Å². The number of pyridine rings is 1. The predicted molar refractivity (Wildman–Crippen MR) is 144 cm³/mol. The highest BCUT2D eigenvalue weighted by Crippen LogP contribution is 2.39. The Morgan fingerprint density at radius 2 is 1.59 bits per heavy atom. The summed E-state index contributed by atoms with van der Waals surface area (Å²) >= 11 is 19.0. The number of nitrogens with zero attached hydrogens (tertiary/aromatic N) is 4. The number of carbonyl (C=O) groups excluding carboxylic acids is 1. The lowest BCUT2D eigenvalue weighted by atomic mass is 9.91. The van der Waals surface area contributed by atoms with Gasteiger partial charge in [-0.15, -0.1) is 4.80 Å². The van der Waals surface area contributed by atoms with E-state index < -0.39 is 11.7 Å². The second-order valence-corrected chi connectivity index (χ2v) is 9.17. The molecule has 0 saturated heterocycles. The summed E-state index contributed by atoms with van der Waals surface area (Å²) in [7, 11) is 0. The SMILES string of the molecule is Nc1cc(F)ccc1-c1cc(Cl)c(C(=O)Nc2cnc(-n3nccn3)c(Cl)c2)cc1-c1ccc(Cl)cc1. The minimum absolute atomic E-state index is 0.172. The first-order valence-corrected chi connectivity index (χ1v) is 11.9. The van der Waals surface area contributed by atoms with Crippen LogP contribution in [-0.4, -0.2) is 25.9 Å². The molecule has 0 fully saturated rings. The molecule has 0 unspecified atom stereocenters. The van der Waals surface area contributed by atoms with Crippen molar-refractivity contribution < 1.29 is 9.18 Å². The molecule has 0 spiro atoms. The molecule has 0 saturated carbocycles. The van der Waals surface area contributed by atoms with Crippen LogP contribution in [-0.2, 0) is 0 Å². The number of nitrogens with two attached hydrogens (primary N) is 1. The standard InChI is InChI=1S/C26H16Cl3FN6O/c27-15-3-1-14(2-4-15)19-11-21(22(28)12-20(19)18-6-5-16(30)9-24(18)31)26(37)35-17-10-23(29)25(32-13-17)36-33-7-8-34-36/h1-13H,31H2,(H,35,37). The van der Waals surface area contributed by atoms with Gasteiger partial charge >= 0.3 is 0 Å². The summed E-state index contributed by atoms with van der Waals surface area (Å²) in [6.07, 6.45) is 4.43. The van der Waals surface area contributed by atoms with E-state index in [1.807, 2.05) is 12.1 Å². The Bertz CT molecular complexity index is 1620. The van der Waals surface area contributed by atoms with E-state index in [9.17, 15) is 9.18 Å². The van der Waals surface area contributed by atoms with Gasteiger partial charge in [0.1, 0.15) is 5.82 Å². The van der Waals surface area contributed by atoms with E-state index in [-0.39, 0.29) is 21.3 Å². The summed E-state index contributed by atoms with van der Waals surface area (Å²) < 4.78 is 13.7. The zero-order chi connectivity index (χ0) is 26.1. The lowest BCUT2D eigenvalue weighted by Crippen LogP contribution is -2.14. The van der Waals surface area contributed by atoms with Crippen molar-refractivity contribution in [2.45, 2.75) is 0 Å². The fourth-order valence-electron chi connectivity index (χ4n) is 3.79. The third-order valence-corrected chi connectivity index (χ3v) is 6.34. The average Bonchev–Trinajstić information content (AvgIpc) is 3.39. The highest BCUT2D eigenvalue weighted by atomic mass is 35.5. The van der Waals surface area contributed by atoms with E-state index in [4.69, 9.17) is 40.5 Å². The third-order valence-electron chi connectivity index (χ3n) is 5.50. The largest absolute Gasteiger partial charge is 0.398 e. The summed E-state index contributed by atoms with van der Waals surface area (Å²) in [5, 5.41) is 11.7. The normalized spacial score (nSPS) is 10.9. The van der Waals surface area contributed by atoms with Gasteiger partial charge < -0.3 is 11.1 Å². The first kappa shape index (κ1) is 24.7. The van der Waals surface area contributed by atoms with E-state index in [1.165, 1.54) is 41.6 Å². The number of rotatable bonds is 5. The molecule has 1 amide bonds. The minimum Gasteiger partial charge on any atom is -0.398 e. The monoisotopic (exact) mass is 552 g/mol. The predicted octanol–water partition coefficient (Wildman–Crippen LogP) is 6.93. The molecule has 0 aliphatic heterocycles. The van der Waals surface area contributed by atoms with Gasteiger partial charge in [-0.2, -0.15) is 10.2 Å². The maximum atomic E-state index is 13.7. The number of benzene rings is 3. The zero-order valence-electron chi connectivity index (χ0n) is 18.8. The molecular weight excluding hydrogens is 538 g/mol. The number of halogens is 4. The Morgan fingerprint density at radius 1 is 0.865 bits per heavy atom. The lowest BCUT2D eigenvalue weighted by Gasteiger charge is -2.16. The number of aromatic nitrogens is 4. The molecule has 2 heterocycles. The molecule has 5 rings (SSSR count). The fourth-order valence-corrected chi connectivity index (χ4v) is 4.40. The Balaban J connectivity index is 1.55. The number of nitrogens with one attached hydrogen (secondary N) is 1. The van der Waals surface area contributed by atoms with Crippen LogP contribution in [0.15, 0.2) is 79.3 Å². The molecule has 37 heavy (non-hydrogen) atoms. The number of nitrogen functional groups attached to an aromatic ring is 1. The van der Waals surface area contributed by atoms with Crippen molar-refractivity contribution in [3.05, 3.63) is 106 Å². The zero-order valence-corrected chi connectivity index (χ0v) is 21.1. The molecule has 3 aromatic carbocycles. The van der Waals surface area contributed by atoms with E-state index in [0.29, 0.717) is 33.2 Å². The fraction of sp³-hybridized carbons (Fsp3) is 0. The van der Waals surface area contributed by atoms with Gasteiger partial charge in [0, 0.05) is 16.3 Å². The molecule has 7 nitrogen and oxygen atoms in total. The van der Waals surface area contributed by atoms with Crippen LogP contribution < -0.4 is 11.1 Å². The topological polar surface area (TPSA) is 98.7 Å². The second-order valence-electron chi connectivity index (χ2n) is 7.92. The molecule has 0 bridgehead atoms. The molecular formula is C26H16Cl3FN6O. The van der Waals surface area contributed by atoms with Crippen molar-refractivity contribution in [2.75, 3.05) is 11.1 Å². The van der Waals surface area contributed by atoms with Crippen molar-refractivity contribution in [3.8, 4) is 28.1 Å². The summed E-state index contributed by atoms with van der Waals surface area (Å²) in [4.78, 5) is 18.8. The first-order valence-electron chi connectivity index (χ1n) is 10.8. The van der Waals surface area contributed by atoms with Crippen LogP contribution >= 0.6 is 34.8 Å². The van der Waals surface area contributed by atoms with Gasteiger partial charge in [0.25, 0.3) is 5.91 Å². The molecule has 184 valence electrons. The highest BCUT2D eigenvalue weighted by Gasteiger charge is 2.19. The Morgan fingerprint density at radius 3 is 2.27 bits per heavy atom. The Kier molecular flexibility index (Phi) is 6.80. The van der Waals surface area contributed by atoms with Gasteiger partial charge in [-0.3, -0.25) is 4.79 Å². The van der Waals surface area contributed by atoms with Gasteiger partial charge in [0.15, 0.2) is 5.82 Å². The van der Waals surface area contributed by atoms with Crippen molar-refractivity contribution in [2.24, 2.45) is 0 Å². The van der Waals surface area contributed by atoms with E-state index >= 15 is 0 Å². The van der Waals surface area contributed by atoms with Gasteiger partial charge in [0.05, 0.1) is 39.9 Å². The number of anilines is 2. The van der Waals surface area contributed by atoms with Gasteiger partial charge in [-0.05, 0) is 65.2 Å². The van der Waals surface area contributed by atoms with E-state index in [2.05, 4.69) is 20.5 Å². The summed E-state index contributed by atoms with van der Waals surface area (Å²) in [5.74, 6) is -0.631. The van der Waals surface area contributed by atoms with Gasteiger partial charge in [-0.25, -0.2) is 9.37 Å². The molecule has 11 heteroatoms. The number of carbonyl (C=O) groups is 1. The quantitative estimate of drug-likeness (QED) is 0.230. The van der Waals surface area contributed by atoms with Crippen LogP contribution in [0.4, 0.5) is 15.8 Å². The summed E-state index contributed by atoms with van der Waals surface area (Å²) in [5.41, 5.74) is 9.51. The van der Waals surface area contributed by atoms with E-state index in [1.54, 1.807) is 30.3 Å². The summed E-state index contributed by atoms with van der Waals surface area (Å²) in [6, 6.07) is 16.0. The van der Waals surface area contributed by atoms with Gasteiger partial charge in [-0.1, -0.05) is 46.9 Å². The minimum atomic E-state index is -0.485. The maximum Gasteiger partial charge on any atom is 0.257 e. The number of hydrogen-bond acceptors (Lipinski definition) is 5. The molecule has 0 atom stereocenters. The van der Waals surface area contributed by atoms with Crippen LogP contribution in [0, 0.1) is 5.82 Å². The maximum absolute atomic E-state index is 13.7. The Labute approximate surface area is 225 Å². The second kappa shape index (κ2) is 10.2. The van der Waals surface area contributed by atoms with Crippen LogP contribution in [0.5, 0.6) is 0 Å². The first-order chi connectivity index (χ1) is 17.8. The van der Waals surface area contributed by atoms with Gasteiger partial charge in [0.2, 0.25) is 0 Å². The molecule has 5 aromatic rings. The molecule has 0 radical (unpaired) electrons. The van der Waals surface area contributed by atoms with E-state index in [0.717, 1.165) is 5.56 Å². The molecule has 0 aliphatic rings. The lowest BCUT2D eigenvalue weighted by molar-refractivity contribution is 0.102. The van der Waals surface area contributed by atoms with Crippen LogP contribution in [0.1, 0.15) is 10.4 Å². The van der Waals surface area contributed by atoms with Crippen molar-refractivity contribution >= 4 is 52.1 Å². The van der Waals surface area contributed by atoms with Crippen molar-refractivity contribution in [1.29, 1.82) is 0 Å². The smallest absolute Gasteiger partial charge is 0.257 e. The Hall–Kier alpha value is -3.98. The third kappa shape index (κ3) is 5.13. The van der Waals surface area contributed by atoms with Crippen LogP contribution in [0.25, 0.3) is 28.1 Å². The van der Waals surface area contributed by atoms with Crippen molar-refractivity contribution in [3.63, 3.8) is 0 Å². The molecule has 3 N–H and O–H groups in total. The number of amides is 1.